The molecule has 0 aliphatic heterocycles. The van der Waals surface area contributed by atoms with E-state index in [1.807, 2.05) is 0 Å². The fourth-order valence-electron chi connectivity index (χ4n) is 2.94. The van der Waals surface area contributed by atoms with Gasteiger partial charge < -0.3 is 0 Å². The maximum Gasteiger partial charge on any atom is 0.0342 e. The number of hydrogen-bond donors (Lipinski definition) is 0. The van der Waals surface area contributed by atoms with Crippen molar-refractivity contribution in [1.82, 2.24) is 0 Å². The number of aryl methyl sites for hydroxylation is 1. The van der Waals surface area contributed by atoms with Crippen LogP contribution in [-0.2, 0) is 6.42 Å². The van der Waals surface area contributed by atoms with Gasteiger partial charge in [-0.2, -0.15) is 0 Å². The minimum atomic E-state index is 0.406. The molecule has 1 aromatic rings. The molecule has 0 saturated heterocycles. The van der Waals surface area contributed by atoms with Gasteiger partial charge in [0.2, 0.25) is 0 Å². The van der Waals surface area contributed by atoms with Crippen molar-refractivity contribution in [3.8, 4) is 0 Å². The lowest BCUT2D eigenvalue weighted by molar-refractivity contribution is 0.666. The Morgan fingerprint density at radius 1 is 1.06 bits per heavy atom. The van der Waals surface area contributed by atoms with E-state index in [4.69, 9.17) is 11.6 Å². The topological polar surface area (TPSA) is 0 Å². The number of rotatable bonds is 6. The van der Waals surface area contributed by atoms with Crippen LogP contribution in [0.25, 0.3) is 0 Å². The van der Waals surface area contributed by atoms with Crippen molar-refractivity contribution < 1.29 is 0 Å². The number of hydrogen-bond acceptors (Lipinski definition) is 0. The Balaban J connectivity index is 1.82. The molecule has 2 atom stereocenters. The fourth-order valence-corrected chi connectivity index (χ4v) is 3.28. The first-order chi connectivity index (χ1) is 8.79. The molecular weight excluding hydrogens is 240 g/mol. The standard InChI is InChI=1S/C17H25Cl/c1-2-3-4-5-6-14-7-9-15(10-8-14)16-11-12-17(18)13-16/h7-10,16-17H,2-6,11-13H2,1H3. The van der Waals surface area contributed by atoms with Gasteiger partial charge in [0, 0.05) is 5.38 Å². The van der Waals surface area contributed by atoms with Crippen molar-refractivity contribution in [2.45, 2.75) is 69.6 Å². The van der Waals surface area contributed by atoms with Gasteiger partial charge in [-0.05, 0) is 49.1 Å². The van der Waals surface area contributed by atoms with Crippen molar-refractivity contribution in [2.75, 3.05) is 0 Å². The Morgan fingerprint density at radius 3 is 2.44 bits per heavy atom. The van der Waals surface area contributed by atoms with Gasteiger partial charge in [-0.15, -0.1) is 11.6 Å². The van der Waals surface area contributed by atoms with E-state index in [-0.39, 0.29) is 0 Å². The maximum atomic E-state index is 6.19. The number of unbranched alkanes of at least 4 members (excludes halogenated alkanes) is 3. The third-order valence-corrected chi connectivity index (χ3v) is 4.54. The van der Waals surface area contributed by atoms with E-state index in [0.29, 0.717) is 11.3 Å². The SMILES string of the molecule is CCCCCCc1ccc(C2CCC(Cl)C2)cc1. The average molecular weight is 265 g/mol. The van der Waals surface area contributed by atoms with Crippen molar-refractivity contribution in [3.63, 3.8) is 0 Å². The first kappa shape index (κ1) is 13.9. The predicted molar refractivity (Wildman–Crippen MR) is 80.5 cm³/mol. The molecule has 2 rings (SSSR count). The van der Waals surface area contributed by atoms with E-state index < -0.39 is 0 Å². The normalized spacial score (nSPS) is 23.4. The summed E-state index contributed by atoms with van der Waals surface area (Å²) in [6, 6.07) is 9.30. The van der Waals surface area contributed by atoms with Gasteiger partial charge in [0.25, 0.3) is 0 Å². The smallest absolute Gasteiger partial charge is 0.0342 e. The summed E-state index contributed by atoms with van der Waals surface area (Å²) in [6.45, 7) is 2.26. The summed E-state index contributed by atoms with van der Waals surface area (Å²) in [6.07, 6.45) is 10.3. The van der Waals surface area contributed by atoms with E-state index in [1.165, 1.54) is 56.1 Å². The van der Waals surface area contributed by atoms with E-state index in [0.717, 1.165) is 6.42 Å². The molecule has 1 saturated carbocycles. The zero-order valence-corrected chi connectivity index (χ0v) is 12.3. The highest BCUT2D eigenvalue weighted by Gasteiger charge is 2.23. The first-order valence-electron chi connectivity index (χ1n) is 7.52. The van der Waals surface area contributed by atoms with E-state index in [1.54, 1.807) is 0 Å². The van der Waals surface area contributed by atoms with Crippen LogP contribution in [0.2, 0.25) is 0 Å². The van der Waals surface area contributed by atoms with Crippen LogP contribution in [0.15, 0.2) is 24.3 Å². The summed E-state index contributed by atoms with van der Waals surface area (Å²) in [5.41, 5.74) is 2.99. The van der Waals surface area contributed by atoms with Crippen LogP contribution in [0.5, 0.6) is 0 Å². The minimum Gasteiger partial charge on any atom is -0.123 e. The highest BCUT2D eigenvalue weighted by molar-refractivity contribution is 6.20. The van der Waals surface area contributed by atoms with Crippen LogP contribution < -0.4 is 0 Å². The molecule has 0 spiro atoms. The molecule has 1 aromatic carbocycles. The summed E-state index contributed by atoms with van der Waals surface area (Å²) in [5, 5.41) is 0.406. The molecule has 1 heteroatoms. The minimum absolute atomic E-state index is 0.406. The molecular formula is C17H25Cl. The first-order valence-corrected chi connectivity index (χ1v) is 7.96. The van der Waals surface area contributed by atoms with E-state index in [9.17, 15) is 0 Å². The zero-order chi connectivity index (χ0) is 12.8. The van der Waals surface area contributed by atoms with E-state index in [2.05, 4.69) is 31.2 Å². The Labute approximate surface area is 117 Å². The van der Waals surface area contributed by atoms with Gasteiger partial charge in [0.15, 0.2) is 0 Å². The molecule has 0 N–H and O–H groups in total. The lowest BCUT2D eigenvalue weighted by atomic mass is 9.95. The molecule has 18 heavy (non-hydrogen) atoms. The molecule has 0 radical (unpaired) electrons. The molecule has 1 aliphatic rings. The van der Waals surface area contributed by atoms with Crippen LogP contribution in [0.4, 0.5) is 0 Å². The van der Waals surface area contributed by atoms with Crippen LogP contribution in [-0.4, -0.2) is 5.38 Å². The van der Waals surface area contributed by atoms with Crippen LogP contribution in [0, 0.1) is 0 Å². The second-order valence-corrected chi connectivity index (χ2v) is 6.28. The summed E-state index contributed by atoms with van der Waals surface area (Å²) in [5.74, 6) is 0.710. The van der Waals surface area contributed by atoms with Gasteiger partial charge in [0.05, 0.1) is 0 Å². The van der Waals surface area contributed by atoms with Crippen LogP contribution >= 0.6 is 11.6 Å². The highest BCUT2D eigenvalue weighted by atomic mass is 35.5. The van der Waals surface area contributed by atoms with Crippen molar-refractivity contribution in [1.29, 1.82) is 0 Å². The molecule has 1 aliphatic carbocycles. The Kier molecular flexibility index (Phi) is 5.56. The molecule has 0 nitrogen and oxygen atoms in total. The molecule has 100 valence electrons. The third-order valence-electron chi connectivity index (χ3n) is 4.14. The molecule has 0 amide bonds. The van der Waals surface area contributed by atoms with E-state index >= 15 is 0 Å². The van der Waals surface area contributed by atoms with Crippen molar-refractivity contribution >= 4 is 11.6 Å². The van der Waals surface area contributed by atoms with Crippen molar-refractivity contribution in [3.05, 3.63) is 35.4 Å². The summed E-state index contributed by atoms with van der Waals surface area (Å²) >= 11 is 6.19. The lowest BCUT2D eigenvalue weighted by Crippen LogP contribution is -1.95. The molecule has 0 bridgehead atoms. The average Bonchev–Trinajstić information content (AvgIpc) is 2.82. The Morgan fingerprint density at radius 2 is 1.83 bits per heavy atom. The largest absolute Gasteiger partial charge is 0.123 e. The molecule has 1 fully saturated rings. The second kappa shape index (κ2) is 7.19. The van der Waals surface area contributed by atoms with Crippen LogP contribution in [0.3, 0.4) is 0 Å². The van der Waals surface area contributed by atoms with Gasteiger partial charge in [-0.1, -0.05) is 50.5 Å². The Bertz CT molecular complexity index is 341. The van der Waals surface area contributed by atoms with Gasteiger partial charge in [-0.25, -0.2) is 0 Å². The highest BCUT2D eigenvalue weighted by Crippen LogP contribution is 2.37. The zero-order valence-electron chi connectivity index (χ0n) is 11.5. The molecule has 0 aromatic heterocycles. The lowest BCUT2D eigenvalue weighted by Gasteiger charge is -2.10. The van der Waals surface area contributed by atoms with Crippen molar-refractivity contribution in [2.24, 2.45) is 0 Å². The molecule has 0 heterocycles. The number of halogens is 1. The number of benzene rings is 1. The maximum absolute atomic E-state index is 6.19. The molecule has 2 unspecified atom stereocenters. The summed E-state index contributed by atoms with van der Waals surface area (Å²) in [7, 11) is 0. The second-order valence-electron chi connectivity index (χ2n) is 5.66. The fraction of sp³-hybridized carbons (Fsp3) is 0.647. The Hall–Kier alpha value is -0.490. The third kappa shape index (κ3) is 4.02. The summed E-state index contributed by atoms with van der Waals surface area (Å²) in [4.78, 5) is 0. The monoisotopic (exact) mass is 264 g/mol. The quantitative estimate of drug-likeness (QED) is 0.458. The van der Waals surface area contributed by atoms with Crippen LogP contribution in [0.1, 0.15) is 68.9 Å². The van der Waals surface area contributed by atoms with Gasteiger partial charge in [-0.3, -0.25) is 0 Å². The number of alkyl halides is 1. The summed E-state index contributed by atoms with van der Waals surface area (Å²) < 4.78 is 0. The van der Waals surface area contributed by atoms with Gasteiger partial charge in [0.1, 0.15) is 0 Å². The van der Waals surface area contributed by atoms with Gasteiger partial charge >= 0.3 is 0 Å². The predicted octanol–water partition coefficient (Wildman–Crippen LogP) is 5.68.